The molecule has 0 amide bonds. The normalized spacial score (nSPS) is 10.9. The smallest absolute Gasteiger partial charge is 0.114 e. The largest absolute Gasteiger partial charge is 0.378 e. The van der Waals surface area contributed by atoms with Crippen molar-refractivity contribution in [1.82, 2.24) is 15.0 Å². The molecule has 1 aromatic heterocycles. The first-order valence-corrected chi connectivity index (χ1v) is 6.73. The minimum Gasteiger partial charge on any atom is -0.378 e. The molecule has 2 aromatic carbocycles. The molecule has 0 bridgehead atoms. The minimum absolute atomic E-state index is 0.881. The van der Waals surface area contributed by atoms with Gasteiger partial charge in [0.25, 0.3) is 0 Å². The fraction of sp³-hybridized carbons (Fsp3) is 0.143. The lowest BCUT2D eigenvalue weighted by Crippen LogP contribution is -2.08. The van der Waals surface area contributed by atoms with Gasteiger partial charge in [-0.05, 0) is 42.5 Å². The van der Waals surface area contributed by atoms with E-state index in [-0.39, 0.29) is 0 Å². The Bertz CT molecular complexity index is 716. The summed E-state index contributed by atoms with van der Waals surface area (Å²) in [5, 5.41) is 8.95. The van der Waals surface area contributed by atoms with Crippen LogP contribution in [0.15, 0.2) is 46.9 Å². The Labute approximate surface area is 119 Å². The van der Waals surface area contributed by atoms with Crippen LogP contribution < -0.4 is 4.90 Å². The van der Waals surface area contributed by atoms with E-state index in [1.165, 1.54) is 0 Å². The second-order valence-corrected chi connectivity index (χ2v) is 5.45. The molecule has 3 rings (SSSR count). The van der Waals surface area contributed by atoms with Crippen LogP contribution in [0.4, 0.5) is 5.69 Å². The second-order valence-electron chi connectivity index (χ2n) is 4.53. The predicted molar refractivity (Wildman–Crippen MR) is 80.9 cm³/mol. The van der Waals surface area contributed by atoms with Crippen molar-refractivity contribution in [2.45, 2.75) is 0 Å². The van der Waals surface area contributed by atoms with E-state index in [0.717, 1.165) is 26.9 Å². The number of hydrogen-bond acceptors (Lipinski definition) is 3. The summed E-state index contributed by atoms with van der Waals surface area (Å²) >= 11 is 3.44. The summed E-state index contributed by atoms with van der Waals surface area (Å²) in [7, 11) is 4.04. The van der Waals surface area contributed by atoms with Crippen LogP contribution in [0.25, 0.3) is 16.7 Å². The molecule has 0 saturated heterocycles. The number of benzene rings is 2. The minimum atomic E-state index is 0.881. The molecule has 0 aliphatic rings. The molecule has 5 heteroatoms. The maximum Gasteiger partial charge on any atom is 0.114 e. The van der Waals surface area contributed by atoms with E-state index < -0.39 is 0 Å². The summed E-state index contributed by atoms with van der Waals surface area (Å²) in [6.45, 7) is 0. The van der Waals surface area contributed by atoms with Gasteiger partial charge >= 0.3 is 0 Å². The monoisotopic (exact) mass is 316 g/mol. The molecule has 0 spiro atoms. The lowest BCUT2D eigenvalue weighted by Gasteiger charge is -2.12. The molecule has 0 aliphatic carbocycles. The first-order chi connectivity index (χ1) is 9.13. The average Bonchev–Trinajstić information content (AvgIpc) is 2.81. The van der Waals surface area contributed by atoms with Crippen molar-refractivity contribution in [3.05, 3.63) is 46.9 Å². The number of anilines is 1. The fourth-order valence-electron chi connectivity index (χ4n) is 1.89. The van der Waals surface area contributed by atoms with Crippen molar-refractivity contribution in [1.29, 1.82) is 0 Å². The summed E-state index contributed by atoms with van der Waals surface area (Å²) in [6.07, 6.45) is 0. The molecule has 0 saturated carbocycles. The van der Waals surface area contributed by atoms with E-state index >= 15 is 0 Å². The summed E-state index contributed by atoms with van der Waals surface area (Å²) < 4.78 is 1.01. The Morgan fingerprint density at radius 3 is 2.32 bits per heavy atom. The third kappa shape index (κ3) is 2.33. The Morgan fingerprint density at radius 2 is 1.63 bits per heavy atom. The van der Waals surface area contributed by atoms with E-state index in [2.05, 4.69) is 43.2 Å². The number of fused-ring (bicyclic) bond motifs is 1. The molecule has 19 heavy (non-hydrogen) atoms. The molecule has 0 N–H and O–H groups in total. The lowest BCUT2D eigenvalue weighted by atomic mass is 10.3. The number of rotatable bonds is 2. The highest BCUT2D eigenvalue weighted by Crippen LogP contribution is 2.19. The molecule has 0 radical (unpaired) electrons. The molecule has 4 nitrogen and oxygen atoms in total. The molecular weight excluding hydrogens is 304 g/mol. The van der Waals surface area contributed by atoms with Gasteiger partial charge in [0.15, 0.2) is 0 Å². The maximum absolute atomic E-state index is 4.48. The van der Waals surface area contributed by atoms with Gasteiger partial charge in [-0.15, -0.1) is 10.2 Å². The van der Waals surface area contributed by atoms with Gasteiger partial charge in [-0.1, -0.05) is 15.9 Å². The molecule has 96 valence electrons. The van der Waals surface area contributed by atoms with Crippen molar-refractivity contribution >= 4 is 32.7 Å². The number of halogens is 1. The van der Waals surface area contributed by atoms with Gasteiger partial charge in [0.1, 0.15) is 11.0 Å². The first kappa shape index (κ1) is 12.2. The predicted octanol–water partition coefficient (Wildman–Crippen LogP) is 3.25. The summed E-state index contributed by atoms with van der Waals surface area (Å²) in [4.78, 5) is 3.73. The van der Waals surface area contributed by atoms with Gasteiger partial charge in [0.05, 0.1) is 5.69 Å². The average molecular weight is 317 g/mol. The molecular formula is C14H13BrN4. The Morgan fingerprint density at radius 1 is 0.947 bits per heavy atom. The van der Waals surface area contributed by atoms with Crippen molar-refractivity contribution in [2.24, 2.45) is 0 Å². The topological polar surface area (TPSA) is 34.0 Å². The zero-order valence-corrected chi connectivity index (χ0v) is 12.3. The molecule has 0 unspecified atom stereocenters. The van der Waals surface area contributed by atoms with E-state index in [9.17, 15) is 0 Å². The van der Waals surface area contributed by atoms with E-state index in [1.54, 1.807) is 4.80 Å². The Kier molecular flexibility index (Phi) is 2.98. The van der Waals surface area contributed by atoms with Crippen LogP contribution in [0.1, 0.15) is 0 Å². The zero-order valence-electron chi connectivity index (χ0n) is 10.7. The standard InChI is InChI=1S/C14H13BrN4/c1-18(2)11-4-6-12(7-5-11)19-16-13-8-3-10(15)9-14(13)17-19/h3-9H,1-2H3. The van der Waals surface area contributed by atoms with Crippen LogP contribution in [-0.4, -0.2) is 29.1 Å². The molecule has 0 fully saturated rings. The quantitative estimate of drug-likeness (QED) is 0.727. The summed E-state index contributed by atoms with van der Waals surface area (Å²) in [6, 6.07) is 14.0. The van der Waals surface area contributed by atoms with E-state index in [1.807, 2.05) is 44.4 Å². The van der Waals surface area contributed by atoms with Crippen molar-refractivity contribution in [3.8, 4) is 5.69 Å². The first-order valence-electron chi connectivity index (χ1n) is 5.94. The van der Waals surface area contributed by atoms with Crippen LogP contribution in [-0.2, 0) is 0 Å². The Hall–Kier alpha value is -1.88. The molecule has 3 aromatic rings. The number of nitrogens with zero attached hydrogens (tertiary/aromatic N) is 4. The Balaban J connectivity index is 2.03. The summed E-state index contributed by atoms with van der Waals surface area (Å²) in [5.41, 5.74) is 3.88. The summed E-state index contributed by atoms with van der Waals surface area (Å²) in [5.74, 6) is 0. The molecule has 0 atom stereocenters. The number of hydrogen-bond donors (Lipinski definition) is 0. The lowest BCUT2D eigenvalue weighted by molar-refractivity contribution is 0.765. The number of aromatic nitrogens is 3. The third-order valence-corrected chi connectivity index (χ3v) is 3.43. The third-order valence-electron chi connectivity index (χ3n) is 2.94. The second kappa shape index (κ2) is 4.66. The van der Waals surface area contributed by atoms with Crippen LogP contribution in [0.5, 0.6) is 0 Å². The highest BCUT2D eigenvalue weighted by Gasteiger charge is 2.05. The van der Waals surface area contributed by atoms with Crippen LogP contribution in [0, 0.1) is 0 Å². The van der Waals surface area contributed by atoms with E-state index in [0.29, 0.717) is 0 Å². The fourth-order valence-corrected chi connectivity index (χ4v) is 2.24. The van der Waals surface area contributed by atoms with E-state index in [4.69, 9.17) is 0 Å². The van der Waals surface area contributed by atoms with Gasteiger partial charge in [-0.2, -0.15) is 4.80 Å². The molecule has 0 aliphatic heterocycles. The maximum atomic E-state index is 4.48. The van der Waals surface area contributed by atoms with Crippen LogP contribution in [0.3, 0.4) is 0 Å². The van der Waals surface area contributed by atoms with Gasteiger partial charge in [-0.3, -0.25) is 0 Å². The highest BCUT2D eigenvalue weighted by atomic mass is 79.9. The van der Waals surface area contributed by atoms with Gasteiger partial charge in [-0.25, -0.2) is 0 Å². The van der Waals surface area contributed by atoms with Gasteiger partial charge in [0.2, 0.25) is 0 Å². The van der Waals surface area contributed by atoms with Crippen molar-refractivity contribution < 1.29 is 0 Å². The SMILES string of the molecule is CN(C)c1ccc(-n2nc3ccc(Br)cc3n2)cc1. The van der Waals surface area contributed by atoms with Crippen LogP contribution >= 0.6 is 15.9 Å². The highest BCUT2D eigenvalue weighted by molar-refractivity contribution is 9.10. The zero-order chi connectivity index (χ0) is 13.4. The van der Waals surface area contributed by atoms with Crippen molar-refractivity contribution in [2.75, 3.05) is 19.0 Å². The molecule has 1 heterocycles. The van der Waals surface area contributed by atoms with Gasteiger partial charge in [0, 0.05) is 24.3 Å². The van der Waals surface area contributed by atoms with Crippen LogP contribution in [0.2, 0.25) is 0 Å². The van der Waals surface area contributed by atoms with Crippen molar-refractivity contribution in [3.63, 3.8) is 0 Å². The van der Waals surface area contributed by atoms with Gasteiger partial charge < -0.3 is 4.90 Å².